The molecule has 1 amide bonds. The molecule has 0 saturated heterocycles. The first-order valence-electron chi connectivity index (χ1n) is 6.25. The van der Waals surface area contributed by atoms with Gasteiger partial charge in [-0.2, -0.15) is 0 Å². The molecular weight excluding hydrogens is 257 g/mol. The van der Waals surface area contributed by atoms with Crippen LogP contribution in [0.2, 0.25) is 0 Å². The minimum absolute atomic E-state index is 0.0361. The highest BCUT2D eigenvalue weighted by Crippen LogP contribution is 2.26. The number of nitrogens with two attached hydrogens (primary N) is 1. The molecule has 2 aromatic rings. The van der Waals surface area contributed by atoms with Crippen molar-refractivity contribution >= 4 is 5.91 Å². The lowest BCUT2D eigenvalue weighted by atomic mass is 9.99. The van der Waals surface area contributed by atoms with Crippen LogP contribution in [0.15, 0.2) is 42.5 Å². The average molecular weight is 273 g/mol. The Morgan fingerprint density at radius 1 is 1.20 bits per heavy atom. The highest BCUT2D eigenvalue weighted by Gasteiger charge is 2.11. The van der Waals surface area contributed by atoms with Gasteiger partial charge in [-0.05, 0) is 41.8 Å². The van der Waals surface area contributed by atoms with Gasteiger partial charge in [-0.1, -0.05) is 24.3 Å². The van der Waals surface area contributed by atoms with Crippen molar-refractivity contribution in [1.29, 1.82) is 0 Å². The molecule has 0 aromatic heterocycles. The molecule has 1 atom stereocenters. The smallest absolute Gasteiger partial charge is 0.251 e. The van der Waals surface area contributed by atoms with E-state index < -0.39 is 11.7 Å². The maximum atomic E-state index is 13.5. The number of ether oxygens (including phenoxy) is 1. The van der Waals surface area contributed by atoms with E-state index in [1.54, 1.807) is 13.2 Å². The van der Waals surface area contributed by atoms with Crippen molar-refractivity contribution in [1.82, 2.24) is 0 Å². The second-order valence-corrected chi connectivity index (χ2v) is 4.56. The lowest BCUT2D eigenvalue weighted by molar-refractivity contribution is 0.0996. The van der Waals surface area contributed by atoms with Gasteiger partial charge in [0.1, 0.15) is 5.82 Å². The average Bonchev–Trinajstić information content (AvgIpc) is 2.46. The third-order valence-corrected chi connectivity index (χ3v) is 3.27. The summed E-state index contributed by atoms with van der Waals surface area (Å²) >= 11 is 0. The maximum absolute atomic E-state index is 13.5. The van der Waals surface area contributed by atoms with Crippen LogP contribution in [-0.2, 0) is 4.74 Å². The zero-order chi connectivity index (χ0) is 14.7. The highest BCUT2D eigenvalue weighted by atomic mass is 19.1. The Kier molecular flexibility index (Phi) is 4.15. The topological polar surface area (TPSA) is 52.3 Å². The standard InChI is InChI=1S/C16H16FNO2/c1-10(20-2)11-4-3-5-12(8-11)13-6-7-15(17)14(9-13)16(18)19/h3-10H,1-2H3,(H2,18,19)/t10-/m1/s1. The summed E-state index contributed by atoms with van der Waals surface area (Å²) in [6.07, 6.45) is -0.0361. The fourth-order valence-electron chi connectivity index (χ4n) is 2.00. The maximum Gasteiger partial charge on any atom is 0.251 e. The van der Waals surface area contributed by atoms with Gasteiger partial charge in [-0.15, -0.1) is 0 Å². The van der Waals surface area contributed by atoms with Crippen molar-refractivity contribution in [2.24, 2.45) is 5.73 Å². The number of carbonyl (C=O) groups is 1. The van der Waals surface area contributed by atoms with Gasteiger partial charge in [-0.3, -0.25) is 4.79 Å². The van der Waals surface area contributed by atoms with Crippen LogP contribution in [0.3, 0.4) is 0 Å². The summed E-state index contributed by atoms with van der Waals surface area (Å²) < 4.78 is 18.8. The van der Waals surface area contributed by atoms with Crippen LogP contribution in [0.4, 0.5) is 4.39 Å². The van der Waals surface area contributed by atoms with E-state index in [9.17, 15) is 9.18 Å². The van der Waals surface area contributed by atoms with E-state index in [-0.39, 0.29) is 11.7 Å². The molecule has 20 heavy (non-hydrogen) atoms. The predicted octanol–water partition coefficient (Wildman–Crippen LogP) is 3.30. The number of rotatable bonds is 4. The highest BCUT2D eigenvalue weighted by molar-refractivity contribution is 5.94. The number of halogens is 1. The third-order valence-electron chi connectivity index (χ3n) is 3.27. The van der Waals surface area contributed by atoms with E-state index >= 15 is 0 Å². The van der Waals surface area contributed by atoms with Gasteiger partial charge < -0.3 is 10.5 Å². The van der Waals surface area contributed by atoms with Gasteiger partial charge in [0.15, 0.2) is 0 Å². The molecule has 0 heterocycles. The Morgan fingerprint density at radius 3 is 2.55 bits per heavy atom. The Bertz CT molecular complexity index is 640. The second-order valence-electron chi connectivity index (χ2n) is 4.56. The summed E-state index contributed by atoms with van der Waals surface area (Å²) in [6, 6.07) is 12.0. The molecule has 0 unspecified atom stereocenters. The van der Waals surface area contributed by atoms with Crippen LogP contribution in [0.1, 0.15) is 28.9 Å². The van der Waals surface area contributed by atoms with Crippen LogP contribution in [0.25, 0.3) is 11.1 Å². The van der Waals surface area contributed by atoms with E-state index in [1.807, 2.05) is 31.2 Å². The first-order chi connectivity index (χ1) is 9.52. The lowest BCUT2D eigenvalue weighted by Crippen LogP contribution is -2.13. The van der Waals surface area contributed by atoms with Crippen molar-refractivity contribution in [2.45, 2.75) is 13.0 Å². The number of hydrogen-bond donors (Lipinski definition) is 1. The van der Waals surface area contributed by atoms with Crippen molar-refractivity contribution in [3.8, 4) is 11.1 Å². The molecule has 0 saturated carbocycles. The third kappa shape index (κ3) is 2.86. The van der Waals surface area contributed by atoms with Crippen LogP contribution in [-0.4, -0.2) is 13.0 Å². The molecule has 2 N–H and O–H groups in total. The first kappa shape index (κ1) is 14.2. The van der Waals surface area contributed by atoms with E-state index in [1.165, 1.54) is 12.1 Å². The normalized spacial score (nSPS) is 12.2. The second kappa shape index (κ2) is 5.84. The minimum Gasteiger partial charge on any atom is -0.377 e. The summed E-state index contributed by atoms with van der Waals surface area (Å²) in [6.45, 7) is 1.94. The molecule has 2 aromatic carbocycles. The summed E-state index contributed by atoms with van der Waals surface area (Å²) in [5, 5.41) is 0. The van der Waals surface area contributed by atoms with Crippen molar-refractivity contribution in [3.05, 3.63) is 59.4 Å². The molecule has 0 aliphatic heterocycles. The van der Waals surface area contributed by atoms with Gasteiger partial charge in [-0.25, -0.2) is 4.39 Å². The Balaban J connectivity index is 2.46. The molecular formula is C16H16FNO2. The largest absolute Gasteiger partial charge is 0.377 e. The SMILES string of the molecule is CO[C@H](C)c1cccc(-c2ccc(F)c(C(N)=O)c2)c1. The van der Waals surface area contributed by atoms with Crippen LogP contribution in [0.5, 0.6) is 0 Å². The summed E-state index contributed by atoms with van der Waals surface area (Å²) in [7, 11) is 1.64. The zero-order valence-corrected chi connectivity index (χ0v) is 11.4. The molecule has 0 radical (unpaired) electrons. The molecule has 3 nitrogen and oxygen atoms in total. The Labute approximate surface area is 117 Å². The van der Waals surface area contributed by atoms with Gasteiger partial charge in [0.05, 0.1) is 11.7 Å². The van der Waals surface area contributed by atoms with Crippen LogP contribution < -0.4 is 5.73 Å². The minimum atomic E-state index is -0.772. The quantitative estimate of drug-likeness (QED) is 0.929. The summed E-state index contributed by atoms with van der Waals surface area (Å²) in [5.74, 6) is -1.38. The fourth-order valence-corrected chi connectivity index (χ4v) is 2.00. The van der Waals surface area contributed by atoms with Crippen molar-refractivity contribution in [3.63, 3.8) is 0 Å². The van der Waals surface area contributed by atoms with Gasteiger partial charge in [0.2, 0.25) is 0 Å². The lowest BCUT2D eigenvalue weighted by Gasteiger charge is -2.12. The number of hydrogen-bond acceptors (Lipinski definition) is 2. The number of benzene rings is 2. The number of carbonyl (C=O) groups excluding carboxylic acids is 1. The fraction of sp³-hybridized carbons (Fsp3) is 0.188. The molecule has 0 spiro atoms. The molecule has 104 valence electrons. The Hall–Kier alpha value is -2.20. The van der Waals surface area contributed by atoms with Gasteiger partial charge in [0.25, 0.3) is 5.91 Å². The van der Waals surface area contributed by atoms with Crippen molar-refractivity contribution in [2.75, 3.05) is 7.11 Å². The van der Waals surface area contributed by atoms with E-state index in [0.29, 0.717) is 0 Å². The summed E-state index contributed by atoms with van der Waals surface area (Å²) in [4.78, 5) is 11.2. The van der Waals surface area contributed by atoms with E-state index in [2.05, 4.69) is 0 Å². The van der Waals surface area contributed by atoms with Gasteiger partial charge >= 0.3 is 0 Å². The summed E-state index contributed by atoms with van der Waals surface area (Å²) in [5.41, 5.74) is 7.69. The van der Waals surface area contributed by atoms with Crippen LogP contribution >= 0.6 is 0 Å². The molecule has 0 aliphatic rings. The molecule has 0 aliphatic carbocycles. The number of amides is 1. The number of primary amides is 1. The van der Waals surface area contributed by atoms with Crippen molar-refractivity contribution < 1.29 is 13.9 Å². The van der Waals surface area contributed by atoms with Crippen LogP contribution in [0, 0.1) is 5.82 Å². The molecule has 0 fully saturated rings. The predicted molar refractivity (Wildman–Crippen MR) is 75.8 cm³/mol. The molecule has 2 rings (SSSR count). The number of methoxy groups -OCH3 is 1. The molecule has 4 heteroatoms. The molecule has 0 bridgehead atoms. The van der Waals surface area contributed by atoms with E-state index in [0.717, 1.165) is 16.7 Å². The monoisotopic (exact) mass is 273 g/mol. The zero-order valence-electron chi connectivity index (χ0n) is 11.4. The first-order valence-corrected chi connectivity index (χ1v) is 6.25. The van der Waals surface area contributed by atoms with E-state index in [4.69, 9.17) is 10.5 Å². The van der Waals surface area contributed by atoms with Gasteiger partial charge in [0, 0.05) is 7.11 Å². The Morgan fingerprint density at radius 2 is 1.90 bits per heavy atom.